The van der Waals surface area contributed by atoms with E-state index in [0.29, 0.717) is 35.9 Å². The first-order chi connectivity index (χ1) is 15.0. The van der Waals surface area contributed by atoms with E-state index in [1.54, 1.807) is 19.2 Å². The van der Waals surface area contributed by atoms with Crippen molar-refractivity contribution in [2.75, 3.05) is 50.7 Å². The molecule has 2 aromatic rings. The van der Waals surface area contributed by atoms with Gasteiger partial charge < -0.3 is 24.8 Å². The van der Waals surface area contributed by atoms with Gasteiger partial charge in [-0.3, -0.25) is 10.1 Å². The Morgan fingerprint density at radius 2 is 2.03 bits per heavy atom. The lowest BCUT2D eigenvalue weighted by Gasteiger charge is -2.25. The smallest absolute Gasteiger partial charge is 0.127 e. The van der Waals surface area contributed by atoms with E-state index in [1.807, 2.05) is 30.8 Å². The van der Waals surface area contributed by atoms with Crippen molar-refractivity contribution in [2.45, 2.75) is 38.7 Å². The Bertz CT molecular complexity index is 863. The molecule has 172 valence electrons. The van der Waals surface area contributed by atoms with Crippen LogP contribution in [-0.2, 0) is 16.5 Å². The number of aromatic nitrogens is 2. The number of ether oxygens (including phenoxy) is 3. The zero-order chi connectivity index (χ0) is 22.2. The summed E-state index contributed by atoms with van der Waals surface area (Å²) in [7, 11) is 3.56. The molecule has 8 heteroatoms. The Kier molecular flexibility index (Phi) is 8.31. The summed E-state index contributed by atoms with van der Waals surface area (Å²) in [5, 5.41) is 13.4. The van der Waals surface area contributed by atoms with Crippen LogP contribution in [0, 0.1) is 5.41 Å². The highest BCUT2D eigenvalue weighted by molar-refractivity contribution is 6.13. The third kappa shape index (κ3) is 6.21. The van der Waals surface area contributed by atoms with Crippen molar-refractivity contribution in [1.29, 1.82) is 5.41 Å². The molecule has 0 unspecified atom stereocenters. The van der Waals surface area contributed by atoms with Gasteiger partial charge in [-0.25, -0.2) is 0 Å². The molecule has 0 spiro atoms. The van der Waals surface area contributed by atoms with Crippen molar-refractivity contribution in [2.24, 2.45) is 7.05 Å². The third-order valence-corrected chi connectivity index (χ3v) is 5.44. The van der Waals surface area contributed by atoms with E-state index in [4.69, 9.17) is 25.4 Å². The number of nitrogens with two attached hydrogens (primary N) is 1. The average Bonchev–Trinajstić information content (AvgIpc) is 3.14. The zero-order valence-electron chi connectivity index (χ0n) is 18.9. The molecular formula is C23H37N5O3. The maximum Gasteiger partial charge on any atom is 0.127 e. The van der Waals surface area contributed by atoms with Crippen molar-refractivity contribution in [1.82, 2.24) is 9.78 Å². The molecule has 1 fully saturated rings. The van der Waals surface area contributed by atoms with Crippen molar-refractivity contribution < 1.29 is 15.6 Å². The number of nitrogens with zero attached hydrogens (tertiary/aromatic N) is 3. The first-order valence-electron chi connectivity index (χ1n) is 11.0. The molecule has 1 aliphatic rings. The van der Waals surface area contributed by atoms with Crippen LogP contribution in [0.25, 0.3) is 0 Å². The highest BCUT2D eigenvalue weighted by Gasteiger charge is 2.19. The molecule has 3 N–H and O–H groups in total. The summed E-state index contributed by atoms with van der Waals surface area (Å²) in [4.78, 5) is 2.30. The van der Waals surface area contributed by atoms with E-state index >= 15 is 0 Å². The predicted molar refractivity (Wildman–Crippen MR) is 126 cm³/mol. The molecular weight excluding hydrogens is 394 g/mol. The second-order valence-corrected chi connectivity index (χ2v) is 8.03. The van der Waals surface area contributed by atoms with Crippen LogP contribution in [0.15, 0.2) is 24.3 Å². The maximum absolute atomic E-state index is 8.76. The fourth-order valence-corrected chi connectivity index (χ4v) is 3.82. The standard InChI is InChI=1S/C23H35N5O3.H2/c1-17(16-29-3)31-18-8-9-20(24)19(14-18)23(25)21-15-22(27(2)26-21)28-10-6-4-5-7-12-30-13-11-28;/h8-9,14-15,17,25H,4-7,10-13,16,24H2,1-3H3;1H/t17-;/m0./s1. The minimum absolute atomic E-state index is 0. The van der Waals surface area contributed by atoms with Gasteiger partial charge in [0.15, 0.2) is 0 Å². The molecule has 1 atom stereocenters. The fourth-order valence-electron chi connectivity index (χ4n) is 3.82. The van der Waals surface area contributed by atoms with Gasteiger partial charge in [-0.05, 0) is 38.0 Å². The molecule has 0 radical (unpaired) electrons. The second-order valence-electron chi connectivity index (χ2n) is 8.03. The van der Waals surface area contributed by atoms with E-state index in [9.17, 15) is 0 Å². The molecule has 3 rings (SSSR count). The molecule has 0 amide bonds. The lowest BCUT2D eigenvalue weighted by Crippen LogP contribution is -2.31. The quantitative estimate of drug-likeness (QED) is 0.514. The summed E-state index contributed by atoms with van der Waals surface area (Å²) in [6.45, 7) is 5.72. The monoisotopic (exact) mass is 431 g/mol. The minimum Gasteiger partial charge on any atom is -0.488 e. The summed E-state index contributed by atoms with van der Waals surface area (Å²) >= 11 is 0. The van der Waals surface area contributed by atoms with Gasteiger partial charge in [0.2, 0.25) is 0 Å². The molecule has 8 nitrogen and oxygen atoms in total. The van der Waals surface area contributed by atoms with Crippen molar-refractivity contribution in [3.63, 3.8) is 0 Å². The van der Waals surface area contributed by atoms with Crippen LogP contribution in [0.1, 0.15) is 45.3 Å². The van der Waals surface area contributed by atoms with Gasteiger partial charge in [-0.1, -0.05) is 12.8 Å². The van der Waals surface area contributed by atoms with E-state index < -0.39 is 0 Å². The maximum atomic E-state index is 8.76. The lowest BCUT2D eigenvalue weighted by molar-refractivity contribution is 0.0921. The molecule has 2 heterocycles. The first-order valence-corrected chi connectivity index (χ1v) is 11.0. The fraction of sp³-hybridized carbons (Fsp3) is 0.565. The summed E-state index contributed by atoms with van der Waals surface area (Å²) in [5.41, 5.74) is 8.19. The molecule has 1 saturated heterocycles. The van der Waals surface area contributed by atoms with Crippen LogP contribution in [-0.4, -0.2) is 61.6 Å². The van der Waals surface area contributed by atoms with Gasteiger partial charge in [-0.2, -0.15) is 5.10 Å². The van der Waals surface area contributed by atoms with Gasteiger partial charge in [0.25, 0.3) is 0 Å². The van der Waals surface area contributed by atoms with Crippen LogP contribution >= 0.6 is 0 Å². The van der Waals surface area contributed by atoms with Crippen LogP contribution in [0.4, 0.5) is 11.5 Å². The van der Waals surface area contributed by atoms with Crippen LogP contribution in [0.3, 0.4) is 0 Å². The number of aryl methyl sites for hydroxylation is 1. The normalized spacial score (nSPS) is 16.7. The van der Waals surface area contributed by atoms with E-state index in [0.717, 1.165) is 38.4 Å². The number of rotatable bonds is 7. The van der Waals surface area contributed by atoms with Gasteiger partial charge in [-0.15, -0.1) is 0 Å². The molecule has 31 heavy (non-hydrogen) atoms. The Morgan fingerprint density at radius 1 is 1.23 bits per heavy atom. The molecule has 1 aliphatic heterocycles. The highest BCUT2D eigenvalue weighted by Crippen LogP contribution is 2.25. The minimum atomic E-state index is -0.0975. The third-order valence-electron chi connectivity index (χ3n) is 5.44. The van der Waals surface area contributed by atoms with Gasteiger partial charge in [0, 0.05) is 52.6 Å². The van der Waals surface area contributed by atoms with E-state index in [1.165, 1.54) is 12.8 Å². The highest BCUT2D eigenvalue weighted by atomic mass is 16.5. The number of anilines is 2. The number of hydrogen-bond donors (Lipinski definition) is 2. The lowest BCUT2D eigenvalue weighted by atomic mass is 10.0. The van der Waals surface area contributed by atoms with Crippen LogP contribution in [0.5, 0.6) is 5.75 Å². The predicted octanol–water partition coefficient (Wildman–Crippen LogP) is 3.48. The van der Waals surface area contributed by atoms with Gasteiger partial charge >= 0.3 is 0 Å². The molecule has 0 saturated carbocycles. The molecule has 1 aromatic carbocycles. The Labute approximate surface area is 186 Å². The van der Waals surface area contributed by atoms with Crippen LogP contribution in [0.2, 0.25) is 0 Å². The number of benzene rings is 1. The summed E-state index contributed by atoms with van der Waals surface area (Å²) in [6, 6.07) is 7.35. The van der Waals surface area contributed by atoms with Crippen LogP contribution < -0.4 is 15.4 Å². The number of methoxy groups -OCH3 is 1. The summed E-state index contributed by atoms with van der Waals surface area (Å²) < 4.78 is 18.6. The average molecular weight is 432 g/mol. The second kappa shape index (κ2) is 11.2. The molecule has 0 aliphatic carbocycles. The number of nitrogens with one attached hydrogen (secondary N) is 1. The Morgan fingerprint density at radius 3 is 2.84 bits per heavy atom. The van der Waals surface area contributed by atoms with Gasteiger partial charge in [0.1, 0.15) is 23.4 Å². The number of hydrogen-bond acceptors (Lipinski definition) is 7. The molecule has 0 bridgehead atoms. The SMILES string of the molecule is COC[C@H](C)Oc1ccc(N)c(C(=N)c2cc(N3CCCCCCOCC3)n(C)n2)c1.[HH]. The van der Waals surface area contributed by atoms with E-state index in [-0.39, 0.29) is 13.2 Å². The Balaban J connectivity index is 0.00000363. The van der Waals surface area contributed by atoms with Crippen molar-refractivity contribution in [3.05, 3.63) is 35.5 Å². The summed E-state index contributed by atoms with van der Waals surface area (Å²) in [6.07, 6.45) is 4.59. The largest absolute Gasteiger partial charge is 0.488 e. The zero-order valence-corrected chi connectivity index (χ0v) is 18.9. The van der Waals surface area contributed by atoms with Gasteiger partial charge in [0.05, 0.1) is 18.9 Å². The van der Waals surface area contributed by atoms with Crippen molar-refractivity contribution >= 4 is 17.2 Å². The first kappa shape index (κ1) is 23.1. The topological polar surface area (TPSA) is 98.6 Å². The van der Waals surface area contributed by atoms with Crippen molar-refractivity contribution in [3.8, 4) is 5.75 Å². The summed E-state index contributed by atoms with van der Waals surface area (Å²) in [5.74, 6) is 1.64. The molecule has 1 aromatic heterocycles. The van der Waals surface area contributed by atoms with E-state index in [2.05, 4.69) is 10.00 Å². The number of nitrogen functional groups attached to an aromatic ring is 1. The Hall–Kier alpha value is -2.58.